The van der Waals surface area contributed by atoms with Crippen LogP contribution in [0.1, 0.15) is 30.9 Å². The number of hydrogen-bond donors (Lipinski definition) is 3. The third-order valence-electron chi connectivity index (χ3n) is 5.17. The summed E-state index contributed by atoms with van der Waals surface area (Å²) in [6.45, 7) is 2.62. The van der Waals surface area contributed by atoms with E-state index in [9.17, 15) is 26.7 Å². The van der Waals surface area contributed by atoms with Gasteiger partial charge in [-0.2, -0.15) is 13.2 Å². The van der Waals surface area contributed by atoms with E-state index >= 15 is 0 Å². The minimum absolute atomic E-state index is 0.00709. The molecular weight excluding hydrogens is 395 g/mol. The third-order valence-corrected chi connectivity index (χ3v) is 5.17. The van der Waals surface area contributed by atoms with Crippen LogP contribution in [0.15, 0.2) is 30.5 Å². The molecule has 1 aromatic heterocycles. The Labute approximate surface area is 163 Å². The third kappa shape index (κ3) is 4.18. The molecule has 10 heteroatoms. The minimum atomic E-state index is -4.90. The van der Waals surface area contributed by atoms with E-state index in [1.807, 2.05) is 6.92 Å². The first-order chi connectivity index (χ1) is 13.5. The molecule has 1 aliphatic heterocycles. The van der Waals surface area contributed by atoms with E-state index < -0.39 is 30.1 Å². The Kier molecular flexibility index (Phi) is 5.77. The molecule has 1 aromatic carbocycles. The van der Waals surface area contributed by atoms with Crippen LogP contribution >= 0.6 is 0 Å². The van der Waals surface area contributed by atoms with Gasteiger partial charge in [0.05, 0.1) is 11.1 Å². The summed E-state index contributed by atoms with van der Waals surface area (Å²) < 4.78 is 65.7. The maximum atomic E-state index is 13.4. The van der Waals surface area contributed by atoms with Crippen LogP contribution in [0.25, 0.3) is 10.9 Å². The van der Waals surface area contributed by atoms with E-state index in [1.165, 1.54) is 18.3 Å². The molecule has 29 heavy (non-hydrogen) atoms. The number of carbonyl (C=O) groups is 1. The Balaban J connectivity index is 2.14. The number of piperidine rings is 1. The number of pyridine rings is 1. The van der Waals surface area contributed by atoms with Gasteiger partial charge in [-0.3, -0.25) is 9.78 Å². The number of hydrogen-bond acceptors (Lipinski definition) is 4. The lowest BCUT2D eigenvalue weighted by molar-refractivity contribution is -0.164. The Bertz CT molecular complexity index is 904. The summed E-state index contributed by atoms with van der Waals surface area (Å²) in [4.78, 5) is 16.4. The number of nitrogens with zero attached hydrogens (tertiary/aromatic N) is 1. The van der Waals surface area contributed by atoms with Gasteiger partial charge in [0, 0.05) is 23.7 Å². The van der Waals surface area contributed by atoms with Crippen molar-refractivity contribution in [3.05, 3.63) is 41.6 Å². The number of alkyl halides is 5. The highest BCUT2D eigenvalue weighted by Crippen LogP contribution is 2.38. The van der Waals surface area contributed by atoms with Crippen molar-refractivity contribution in [3.63, 3.8) is 0 Å². The molecule has 1 fully saturated rings. The summed E-state index contributed by atoms with van der Waals surface area (Å²) in [7, 11) is 0. The molecule has 5 nitrogen and oxygen atoms in total. The van der Waals surface area contributed by atoms with Crippen molar-refractivity contribution in [1.29, 1.82) is 0 Å². The molecule has 0 spiro atoms. The van der Waals surface area contributed by atoms with Gasteiger partial charge < -0.3 is 16.4 Å². The van der Waals surface area contributed by atoms with Crippen molar-refractivity contribution < 1.29 is 26.7 Å². The number of amides is 1. The summed E-state index contributed by atoms with van der Waals surface area (Å²) in [5.41, 5.74) is 4.03. The van der Waals surface area contributed by atoms with Crippen LogP contribution < -0.4 is 16.4 Å². The van der Waals surface area contributed by atoms with Crippen molar-refractivity contribution in [2.24, 2.45) is 11.7 Å². The number of fused-ring (bicyclic) bond motifs is 1. The highest BCUT2D eigenvalue weighted by atomic mass is 19.4. The number of nitrogens with one attached hydrogen (secondary N) is 2. The second kappa shape index (κ2) is 7.83. The Morgan fingerprint density at radius 1 is 1.34 bits per heavy atom. The fourth-order valence-corrected chi connectivity index (χ4v) is 3.89. The molecular formula is C19H21F5N4O. The van der Waals surface area contributed by atoms with Crippen molar-refractivity contribution in [2.45, 2.75) is 37.5 Å². The molecule has 1 aliphatic rings. The van der Waals surface area contributed by atoms with Crippen molar-refractivity contribution in [3.8, 4) is 0 Å². The van der Waals surface area contributed by atoms with Crippen molar-refractivity contribution in [1.82, 2.24) is 15.6 Å². The summed E-state index contributed by atoms with van der Waals surface area (Å²) in [6, 6.07) is 3.05. The van der Waals surface area contributed by atoms with Gasteiger partial charge in [-0.05, 0) is 30.5 Å². The van der Waals surface area contributed by atoms with E-state index in [2.05, 4.69) is 15.6 Å². The number of nitrogens with two attached hydrogens (primary N) is 1. The molecule has 1 unspecified atom stereocenters. The zero-order chi connectivity index (χ0) is 21.4. The van der Waals surface area contributed by atoms with E-state index in [1.54, 1.807) is 12.1 Å². The van der Waals surface area contributed by atoms with Crippen LogP contribution in [0, 0.1) is 5.92 Å². The second-order valence-corrected chi connectivity index (χ2v) is 7.43. The summed E-state index contributed by atoms with van der Waals surface area (Å²) in [5, 5.41) is 5.92. The highest BCUT2D eigenvalue weighted by Gasteiger charge is 2.46. The lowest BCUT2D eigenvalue weighted by Crippen LogP contribution is -2.62. The minimum Gasteiger partial charge on any atom is -0.344 e. The fraction of sp³-hybridized carbons (Fsp3) is 0.474. The Morgan fingerprint density at radius 3 is 2.69 bits per heavy atom. The largest absolute Gasteiger partial charge is 0.412 e. The monoisotopic (exact) mass is 416 g/mol. The van der Waals surface area contributed by atoms with Gasteiger partial charge in [-0.15, -0.1) is 0 Å². The normalized spacial score (nSPS) is 23.9. The van der Waals surface area contributed by atoms with Crippen LogP contribution in [0.4, 0.5) is 22.0 Å². The maximum absolute atomic E-state index is 13.4. The fourth-order valence-electron chi connectivity index (χ4n) is 3.89. The van der Waals surface area contributed by atoms with Gasteiger partial charge in [-0.25, -0.2) is 8.78 Å². The molecule has 158 valence electrons. The molecule has 2 aromatic rings. The smallest absolute Gasteiger partial charge is 0.344 e. The predicted octanol–water partition coefficient (Wildman–Crippen LogP) is 3.00. The molecule has 0 bridgehead atoms. The molecule has 1 amide bonds. The van der Waals surface area contributed by atoms with Gasteiger partial charge in [0.15, 0.2) is 6.04 Å². The van der Waals surface area contributed by atoms with Crippen LogP contribution in [-0.4, -0.2) is 36.2 Å². The van der Waals surface area contributed by atoms with Gasteiger partial charge in [-0.1, -0.05) is 25.1 Å². The number of halogens is 5. The molecule has 0 saturated carbocycles. The first-order valence-electron chi connectivity index (χ1n) is 9.06. The van der Waals surface area contributed by atoms with Crippen LogP contribution in [-0.2, 0) is 10.3 Å². The van der Waals surface area contributed by atoms with E-state index in [-0.39, 0.29) is 23.5 Å². The van der Waals surface area contributed by atoms with Gasteiger partial charge in [0.25, 0.3) is 6.43 Å². The summed E-state index contributed by atoms with van der Waals surface area (Å²) in [5.74, 6) is -1.36. The molecule has 0 aliphatic carbocycles. The van der Waals surface area contributed by atoms with Crippen LogP contribution in [0.2, 0.25) is 0 Å². The first kappa shape index (κ1) is 21.4. The zero-order valence-corrected chi connectivity index (χ0v) is 15.6. The lowest BCUT2D eigenvalue weighted by Gasteiger charge is -2.43. The average Bonchev–Trinajstić information content (AvgIpc) is 2.65. The average molecular weight is 416 g/mol. The summed E-state index contributed by atoms with van der Waals surface area (Å²) >= 11 is 0. The van der Waals surface area contributed by atoms with Gasteiger partial charge in [0.1, 0.15) is 0 Å². The van der Waals surface area contributed by atoms with Gasteiger partial charge in [0.2, 0.25) is 5.91 Å². The number of rotatable bonds is 4. The van der Waals surface area contributed by atoms with E-state index in [0.717, 1.165) is 0 Å². The molecule has 4 N–H and O–H groups in total. The van der Waals surface area contributed by atoms with Crippen LogP contribution in [0.3, 0.4) is 0 Å². The zero-order valence-electron chi connectivity index (χ0n) is 15.6. The quantitative estimate of drug-likeness (QED) is 0.670. The number of aromatic nitrogens is 1. The highest BCUT2D eigenvalue weighted by molar-refractivity contribution is 5.88. The topological polar surface area (TPSA) is 80.0 Å². The van der Waals surface area contributed by atoms with Crippen molar-refractivity contribution >= 4 is 16.8 Å². The predicted molar refractivity (Wildman–Crippen MR) is 97.2 cm³/mol. The lowest BCUT2D eigenvalue weighted by atomic mass is 9.77. The molecule has 0 radical (unpaired) electrons. The summed E-state index contributed by atoms with van der Waals surface area (Å²) in [6.07, 6.45) is -5.99. The van der Waals surface area contributed by atoms with E-state index in [0.29, 0.717) is 23.9 Å². The molecule has 2 heterocycles. The second-order valence-electron chi connectivity index (χ2n) is 7.43. The maximum Gasteiger partial charge on any atom is 0.412 e. The van der Waals surface area contributed by atoms with E-state index in [4.69, 9.17) is 5.73 Å². The standard InChI is InChI=1S/C19H21F5N4O/c1-10-7-18(9-26-8-10,28-17(29)15(25)19(22,23)24)13-5-4-12(16(20)21)14-11(13)3-2-6-27-14/h2-6,10,15-16,26H,7-9,25H2,1H3,(H,28,29)/t10-,15?,18-/m0/s1. The molecule has 3 rings (SSSR count). The molecule has 1 saturated heterocycles. The van der Waals surface area contributed by atoms with Crippen molar-refractivity contribution in [2.75, 3.05) is 13.1 Å². The van der Waals surface area contributed by atoms with Gasteiger partial charge >= 0.3 is 6.18 Å². The van der Waals surface area contributed by atoms with Crippen LogP contribution in [0.5, 0.6) is 0 Å². The first-order valence-corrected chi connectivity index (χ1v) is 9.06. The number of carbonyl (C=O) groups excluding carboxylic acids is 1. The number of benzene rings is 1. The Morgan fingerprint density at radius 2 is 2.07 bits per heavy atom. The molecule has 3 atom stereocenters. The SMILES string of the molecule is C[C@@H]1CNC[C@](NC(=O)C(N)C(F)(F)F)(c2ccc(C(F)F)c3ncccc23)C1. The Hall–Kier alpha value is -2.33.